The van der Waals surface area contributed by atoms with E-state index < -0.39 is 18.1 Å². The minimum Gasteiger partial charge on any atom is -0.480 e. The van der Waals surface area contributed by atoms with Gasteiger partial charge >= 0.3 is 5.97 Å². The summed E-state index contributed by atoms with van der Waals surface area (Å²) in [6.45, 7) is 2.39. The van der Waals surface area contributed by atoms with Gasteiger partial charge in [0.2, 0.25) is 0 Å². The minimum atomic E-state index is -0.925. The minimum absolute atomic E-state index is 0.0241. The average molecular weight is 289 g/mol. The lowest BCUT2D eigenvalue weighted by atomic mass is 9.90. The average Bonchev–Trinajstić information content (AvgIpc) is 2.89. The fourth-order valence-electron chi connectivity index (χ4n) is 3.32. The quantitative estimate of drug-likeness (QED) is 0.900. The number of carbonyl (C=O) groups excluding carboxylic acids is 1. The summed E-state index contributed by atoms with van der Waals surface area (Å²) >= 11 is 0. The first kappa shape index (κ1) is 13.9. The molecule has 0 bridgehead atoms. The number of nitrogens with zero attached hydrogens (tertiary/aromatic N) is 1. The monoisotopic (exact) mass is 289 g/mol. The summed E-state index contributed by atoms with van der Waals surface area (Å²) in [5.74, 6) is -0.423. The maximum atomic E-state index is 12.7. The highest BCUT2D eigenvalue weighted by Gasteiger charge is 2.41. The van der Waals surface area contributed by atoms with E-state index in [2.05, 4.69) is 0 Å². The highest BCUT2D eigenvalue weighted by atomic mass is 16.5. The van der Waals surface area contributed by atoms with Crippen molar-refractivity contribution in [3.8, 4) is 5.75 Å². The highest BCUT2D eigenvalue weighted by molar-refractivity contribution is 5.87. The van der Waals surface area contributed by atoms with Gasteiger partial charge < -0.3 is 14.7 Å². The van der Waals surface area contributed by atoms with Gasteiger partial charge in [0, 0.05) is 13.0 Å². The molecule has 2 heterocycles. The number of para-hydroxylation sites is 1. The van der Waals surface area contributed by atoms with Crippen molar-refractivity contribution in [3.05, 3.63) is 29.8 Å². The number of fused-ring (bicyclic) bond motifs is 1. The molecule has 5 heteroatoms. The summed E-state index contributed by atoms with van der Waals surface area (Å²) in [5.41, 5.74) is 1.01. The van der Waals surface area contributed by atoms with Gasteiger partial charge in [0.15, 0.2) is 6.10 Å². The summed E-state index contributed by atoms with van der Waals surface area (Å²) in [6, 6.07) is 6.83. The van der Waals surface area contributed by atoms with Crippen molar-refractivity contribution in [1.82, 2.24) is 4.90 Å². The van der Waals surface area contributed by atoms with Gasteiger partial charge in [0.25, 0.3) is 5.91 Å². The molecule has 3 atom stereocenters. The molecule has 0 aromatic heterocycles. The molecule has 112 valence electrons. The van der Waals surface area contributed by atoms with E-state index in [-0.39, 0.29) is 11.8 Å². The molecule has 2 aliphatic rings. The van der Waals surface area contributed by atoms with Crippen molar-refractivity contribution >= 4 is 11.9 Å². The smallest absolute Gasteiger partial charge is 0.326 e. The van der Waals surface area contributed by atoms with Gasteiger partial charge in [-0.3, -0.25) is 4.79 Å². The Balaban J connectivity index is 1.78. The third-order valence-corrected chi connectivity index (χ3v) is 4.39. The molecule has 1 saturated heterocycles. The van der Waals surface area contributed by atoms with Crippen molar-refractivity contribution in [3.63, 3.8) is 0 Å². The molecule has 21 heavy (non-hydrogen) atoms. The Kier molecular flexibility index (Phi) is 3.57. The number of piperidine rings is 1. The topological polar surface area (TPSA) is 66.8 Å². The number of hydrogen-bond donors (Lipinski definition) is 1. The fraction of sp³-hybridized carbons (Fsp3) is 0.500. The maximum Gasteiger partial charge on any atom is 0.326 e. The van der Waals surface area contributed by atoms with Crippen LogP contribution < -0.4 is 4.74 Å². The van der Waals surface area contributed by atoms with E-state index in [1.165, 1.54) is 4.90 Å². The summed E-state index contributed by atoms with van der Waals surface area (Å²) in [7, 11) is 0. The van der Waals surface area contributed by atoms with Crippen LogP contribution in [0.5, 0.6) is 5.75 Å². The predicted molar refractivity (Wildman–Crippen MR) is 76.1 cm³/mol. The molecule has 3 rings (SSSR count). The fourth-order valence-corrected chi connectivity index (χ4v) is 3.32. The van der Waals surface area contributed by atoms with Crippen LogP contribution in [0.3, 0.4) is 0 Å². The molecule has 5 nitrogen and oxygen atoms in total. The van der Waals surface area contributed by atoms with Gasteiger partial charge in [-0.1, -0.05) is 25.1 Å². The zero-order valence-corrected chi connectivity index (χ0v) is 12.0. The number of benzene rings is 1. The van der Waals surface area contributed by atoms with Gasteiger partial charge in [0.1, 0.15) is 11.8 Å². The molecule has 1 fully saturated rings. The van der Waals surface area contributed by atoms with Crippen molar-refractivity contribution in [2.45, 2.75) is 38.3 Å². The Morgan fingerprint density at radius 2 is 2.10 bits per heavy atom. The lowest BCUT2D eigenvalue weighted by Gasteiger charge is -2.38. The van der Waals surface area contributed by atoms with Crippen LogP contribution in [0.2, 0.25) is 0 Å². The van der Waals surface area contributed by atoms with E-state index in [9.17, 15) is 14.7 Å². The number of rotatable bonds is 2. The van der Waals surface area contributed by atoms with E-state index in [0.29, 0.717) is 13.0 Å². The largest absolute Gasteiger partial charge is 0.480 e. The molecule has 1 aromatic carbocycles. The Morgan fingerprint density at radius 3 is 2.81 bits per heavy atom. The first-order chi connectivity index (χ1) is 10.1. The standard InChI is InChI=1S/C16H19NO4/c1-10-5-4-8-17(14(10)16(19)20)15(18)13-9-11-6-2-3-7-12(11)21-13/h2-3,6-7,10,13-14H,4-5,8-9H2,1H3,(H,19,20). The second-order valence-electron chi connectivity index (χ2n) is 5.85. The van der Waals surface area contributed by atoms with Gasteiger partial charge in [-0.05, 0) is 30.4 Å². The normalized spacial score (nSPS) is 27.9. The van der Waals surface area contributed by atoms with Crippen LogP contribution in [0.4, 0.5) is 0 Å². The molecular weight excluding hydrogens is 270 g/mol. The first-order valence-electron chi connectivity index (χ1n) is 7.36. The predicted octanol–water partition coefficient (Wildman–Crippen LogP) is 1.70. The van der Waals surface area contributed by atoms with Crippen LogP contribution in [-0.4, -0.2) is 40.6 Å². The Hall–Kier alpha value is -2.04. The number of ether oxygens (including phenoxy) is 1. The second-order valence-corrected chi connectivity index (χ2v) is 5.85. The van der Waals surface area contributed by atoms with Crippen LogP contribution in [0.15, 0.2) is 24.3 Å². The summed E-state index contributed by atoms with van der Waals surface area (Å²) < 4.78 is 5.70. The molecule has 0 aliphatic carbocycles. The number of hydrogen-bond acceptors (Lipinski definition) is 3. The van der Waals surface area contributed by atoms with E-state index in [4.69, 9.17) is 4.74 Å². The molecule has 2 aliphatic heterocycles. The van der Waals surface area contributed by atoms with Crippen LogP contribution >= 0.6 is 0 Å². The van der Waals surface area contributed by atoms with E-state index in [1.807, 2.05) is 31.2 Å². The van der Waals surface area contributed by atoms with Crippen molar-refractivity contribution < 1.29 is 19.4 Å². The zero-order chi connectivity index (χ0) is 15.0. The maximum absolute atomic E-state index is 12.7. The highest BCUT2D eigenvalue weighted by Crippen LogP contribution is 2.31. The van der Waals surface area contributed by atoms with Gasteiger partial charge in [-0.25, -0.2) is 4.79 Å². The Bertz CT molecular complexity index is 546. The molecule has 1 aromatic rings. The van der Waals surface area contributed by atoms with Crippen molar-refractivity contribution in [2.75, 3.05) is 6.54 Å². The number of carbonyl (C=O) groups is 2. The van der Waals surface area contributed by atoms with Gasteiger partial charge in [-0.15, -0.1) is 0 Å². The van der Waals surface area contributed by atoms with Gasteiger partial charge in [-0.2, -0.15) is 0 Å². The Labute approximate surface area is 123 Å². The molecular formula is C16H19NO4. The zero-order valence-electron chi connectivity index (χ0n) is 12.0. The van der Waals surface area contributed by atoms with Crippen molar-refractivity contribution in [1.29, 1.82) is 0 Å². The van der Waals surface area contributed by atoms with Gasteiger partial charge in [0.05, 0.1) is 0 Å². The lowest BCUT2D eigenvalue weighted by Crippen LogP contribution is -2.55. The summed E-state index contributed by atoms with van der Waals surface area (Å²) in [5, 5.41) is 9.41. The molecule has 1 amide bonds. The lowest BCUT2D eigenvalue weighted by molar-refractivity contribution is -0.157. The number of amides is 1. The summed E-state index contributed by atoms with van der Waals surface area (Å²) in [6.07, 6.45) is 1.62. The first-order valence-corrected chi connectivity index (χ1v) is 7.36. The molecule has 0 radical (unpaired) electrons. The number of carboxylic acid groups (broad SMARTS) is 1. The SMILES string of the molecule is CC1CCCN(C(=O)C2Cc3ccccc3O2)C1C(=O)O. The second kappa shape index (κ2) is 5.39. The molecule has 1 N–H and O–H groups in total. The van der Waals surface area contributed by atoms with E-state index in [1.54, 1.807) is 0 Å². The van der Waals surface area contributed by atoms with E-state index in [0.717, 1.165) is 24.2 Å². The third-order valence-electron chi connectivity index (χ3n) is 4.39. The van der Waals surface area contributed by atoms with Crippen molar-refractivity contribution in [2.24, 2.45) is 5.92 Å². The summed E-state index contributed by atoms with van der Waals surface area (Å²) in [4.78, 5) is 25.6. The number of carboxylic acids is 1. The molecule has 0 spiro atoms. The van der Waals surface area contributed by atoms with Crippen LogP contribution in [0, 0.1) is 5.92 Å². The van der Waals surface area contributed by atoms with Crippen LogP contribution in [-0.2, 0) is 16.0 Å². The Morgan fingerprint density at radius 1 is 1.33 bits per heavy atom. The van der Waals surface area contributed by atoms with E-state index >= 15 is 0 Å². The molecule has 0 saturated carbocycles. The van der Waals surface area contributed by atoms with Crippen LogP contribution in [0.1, 0.15) is 25.3 Å². The third kappa shape index (κ3) is 2.48. The number of likely N-dealkylation sites (tertiary alicyclic amines) is 1. The molecule has 3 unspecified atom stereocenters. The number of aliphatic carboxylic acids is 1. The van der Waals surface area contributed by atoms with Crippen LogP contribution in [0.25, 0.3) is 0 Å².